The van der Waals surface area contributed by atoms with Crippen LogP contribution in [-0.2, 0) is 22.4 Å². The molecule has 0 saturated heterocycles. The molecule has 75 valence electrons. The average Bonchev–Trinajstić information content (AvgIpc) is 2.21. The maximum absolute atomic E-state index is 10.3. The first-order chi connectivity index (χ1) is 6.79. The molecule has 0 aliphatic carbocycles. The molecule has 0 aromatic heterocycles. The van der Waals surface area contributed by atoms with E-state index >= 15 is 0 Å². The quantitative estimate of drug-likeness (QED) is 0.686. The molecule has 0 heterocycles. The minimum Gasteiger partial charge on any atom is -0.872 e. The summed E-state index contributed by atoms with van der Waals surface area (Å²) >= 11 is 0. The first-order valence-electron chi connectivity index (χ1n) is 4.23. The molecule has 0 amide bonds. The van der Waals surface area contributed by atoms with Crippen LogP contribution < -0.4 is 10.2 Å². The van der Waals surface area contributed by atoms with Crippen molar-refractivity contribution in [2.45, 2.75) is 0 Å². The first-order valence-corrected chi connectivity index (χ1v) is 4.23. The van der Waals surface area contributed by atoms with E-state index in [1.54, 1.807) is 24.3 Å². The van der Waals surface area contributed by atoms with Gasteiger partial charge in [0.05, 0.1) is 0 Å². The van der Waals surface area contributed by atoms with Crippen LogP contribution in [0.2, 0.25) is 0 Å². The Morgan fingerprint density at radius 1 is 0.533 bits per heavy atom. The Bertz CT molecular complexity index is 311. The zero-order valence-corrected chi connectivity index (χ0v) is 10.2. The summed E-state index contributed by atoms with van der Waals surface area (Å²) in [7, 11) is 0. The van der Waals surface area contributed by atoms with Crippen LogP contribution in [0.15, 0.2) is 60.7 Å². The zero-order chi connectivity index (χ0) is 10.2. The smallest absolute Gasteiger partial charge is 0.872 e. The first kappa shape index (κ1) is 13.8. The maximum atomic E-state index is 10.3. The molecule has 0 bridgehead atoms. The second-order valence-corrected chi connectivity index (χ2v) is 2.63. The molecule has 3 heteroatoms. The minimum atomic E-state index is 0. The molecule has 15 heavy (non-hydrogen) atoms. The summed E-state index contributed by atoms with van der Waals surface area (Å²) in [4.78, 5) is 0. The van der Waals surface area contributed by atoms with Crippen LogP contribution in [-0.4, -0.2) is 0 Å². The van der Waals surface area contributed by atoms with Crippen molar-refractivity contribution >= 4 is 0 Å². The Labute approximate surface area is 105 Å². The van der Waals surface area contributed by atoms with E-state index in [1.807, 2.05) is 12.1 Å². The van der Waals surface area contributed by atoms with Gasteiger partial charge in [0, 0.05) is 0 Å². The molecule has 0 atom stereocenters. The molecule has 2 rings (SSSR count). The third-order valence-electron chi connectivity index (χ3n) is 1.49. The maximum Gasteiger partial charge on any atom is 2.00 e. The largest absolute Gasteiger partial charge is 2.00 e. The summed E-state index contributed by atoms with van der Waals surface area (Å²) in [5, 5.41) is 20.5. The van der Waals surface area contributed by atoms with E-state index in [4.69, 9.17) is 0 Å². The molecule has 0 spiro atoms. The van der Waals surface area contributed by atoms with Gasteiger partial charge < -0.3 is 10.2 Å². The number of para-hydroxylation sites is 2. The third kappa shape index (κ3) is 6.80. The summed E-state index contributed by atoms with van der Waals surface area (Å²) < 4.78 is 0. The van der Waals surface area contributed by atoms with Crippen molar-refractivity contribution in [1.82, 2.24) is 0 Å². The molecule has 1 radical (unpaired) electrons. The topological polar surface area (TPSA) is 46.1 Å². The van der Waals surface area contributed by atoms with E-state index < -0.39 is 0 Å². The molecular weight excluding hydrogens is 269 g/mol. The van der Waals surface area contributed by atoms with Crippen molar-refractivity contribution in [3.05, 3.63) is 60.7 Å². The molecule has 0 unspecified atom stereocenters. The molecule has 0 fully saturated rings. The Kier molecular flexibility index (Phi) is 7.46. The average molecular weight is 279 g/mol. The Morgan fingerprint density at radius 3 is 0.933 bits per heavy atom. The Hall–Kier alpha value is -1.22. The van der Waals surface area contributed by atoms with Gasteiger partial charge in [-0.25, -0.2) is 0 Å². The summed E-state index contributed by atoms with van der Waals surface area (Å²) in [5.41, 5.74) is 0. The van der Waals surface area contributed by atoms with Crippen molar-refractivity contribution in [1.29, 1.82) is 0 Å². The standard InChI is InChI=1S/2C6H6O.Nb/c2*7-6-4-2-1-3-5-6;/h2*1-5,7H;/q;;+2/p-2. The zero-order valence-electron chi connectivity index (χ0n) is 8.04. The Balaban J connectivity index is 0.000000245. The van der Waals surface area contributed by atoms with Gasteiger partial charge >= 0.3 is 22.4 Å². The van der Waals surface area contributed by atoms with Crippen LogP contribution in [0.5, 0.6) is 11.5 Å². The monoisotopic (exact) mass is 279 g/mol. The van der Waals surface area contributed by atoms with E-state index in [2.05, 4.69) is 0 Å². The van der Waals surface area contributed by atoms with Crippen molar-refractivity contribution in [3.63, 3.8) is 0 Å². The van der Waals surface area contributed by atoms with E-state index in [-0.39, 0.29) is 33.9 Å². The van der Waals surface area contributed by atoms with Gasteiger partial charge in [-0.2, -0.15) is 0 Å². The SMILES string of the molecule is [Nb+2].[O-]c1ccccc1.[O-]c1ccccc1. The van der Waals surface area contributed by atoms with E-state index in [9.17, 15) is 10.2 Å². The molecule has 0 aliphatic heterocycles. The number of hydrogen-bond donors (Lipinski definition) is 0. The van der Waals surface area contributed by atoms with Crippen LogP contribution in [0.1, 0.15) is 0 Å². The van der Waals surface area contributed by atoms with E-state index in [0.717, 1.165) is 0 Å². The van der Waals surface area contributed by atoms with Gasteiger partial charge in [0.1, 0.15) is 0 Å². The van der Waals surface area contributed by atoms with Gasteiger partial charge in [0.2, 0.25) is 0 Å². The fourth-order valence-electron chi connectivity index (χ4n) is 0.841. The predicted octanol–water partition coefficient (Wildman–Crippen LogP) is 1.52. The normalized spacial score (nSPS) is 8.00. The van der Waals surface area contributed by atoms with Crippen LogP contribution in [0.25, 0.3) is 0 Å². The molecule has 2 nitrogen and oxygen atoms in total. The number of benzene rings is 2. The molecule has 0 aliphatic rings. The summed E-state index contributed by atoms with van der Waals surface area (Å²) in [5.74, 6) is 0.144. The van der Waals surface area contributed by atoms with Crippen LogP contribution >= 0.6 is 0 Å². The van der Waals surface area contributed by atoms with Gasteiger partial charge in [-0.15, -0.1) is 11.5 Å². The molecule has 2 aromatic carbocycles. The third-order valence-corrected chi connectivity index (χ3v) is 1.49. The minimum absolute atomic E-state index is 0. The van der Waals surface area contributed by atoms with Crippen LogP contribution in [0.4, 0.5) is 0 Å². The Morgan fingerprint density at radius 2 is 0.800 bits per heavy atom. The molecule has 0 N–H and O–H groups in total. The van der Waals surface area contributed by atoms with E-state index in [1.165, 1.54) is 24.3 Å². The van der Waals surface area contributed by atoms with Crippen molar-refractivity contribution in [2.24, 2.45) is 0 Å². The fourth-order valence-corrected chi connectivity index (χ4v) is 0.841. The molecular formula is C12H10NbO2. The number of hydrogen-bond acceptors (Lipinski definition) is 2. The second-order valence-electron chi connectivity index (χ2n) is 2.63. The molecule has 2 aromatic rings. The summed E-state index contributed by atoms with van der Waals surface area (Å²) in [6, 6.07) is 16.7. The van der Waals surface area contributed by atoms with Gasteiger partial charge in [-0.1, -0.05) is 60.7 Å². The van der Waals surface area contributed by atoms with Crippen molar-refractivity contribution in [3.8, 4) is 11.5 Å². The predicted molar refractivity (Wildman–Crippen MR) is 51.8 cm³/mol. The number of rotatable bonds is 0. The van der Waals surface area contributed by atoms with Gasteiger partial charge in [-0.3, -0.25) is 0 Å². The molecule has 0 saturated carbocycles. The summed E-state index contributed by atoms with van der Waals surface area (Å²) in [6.45, 7) is 0. The van der Waals surface area contributed by atoms with E-state index in [0.29, 0.717) is 0 Å². The van der Waals surface area contributed by atoms with Gasteiger partial charge in [0.15, 0.2) is 0 Å². The van der Waals surface area contributed by atoms with Gasteiger partial charge in [0.25, 0.3) is 0 Å². The summed E-state index contributed by atoms with van der Waals surface area (Å²) in [6.07, 6.45) is 0. The van der Waals surface area contributed by atoms with Gasteiger partial charge in [-0.05, 0) is 0 Å². The van der Waals surface area contributed by atoms with Crippen LogP contribution in [0.3, 0.4) is 0 Å². The second kappa shape index (κ2) is 8.12. The fraction of sp³-hybridized carbons (Fsp3) is 0. The van der Waals surface area contributed by atoms with Crippen LogP contribution in [0, 0.1) is 0 Å². The van der Waals surface area contributed by atoms with Crippen molar-refractivity contribution < 1.29 is 32.6 Å². The van der Waals surface area contributed by atoms with Crippen molar-refractivity contribution in [2.75, 3.05) is 0 Å².